The van der Waals surface area contributed by atoms with Gasteiger partial charge in [0.25, 0.3) is 19.1 Å². The summed E-state index contributed by atoms with van der Waals surface area (Å²) in [5, 5.41) is 3.98. The summed E-state index contributed by atoms with van der Waals surface area (Å²) in [7, 11) is -2.79. The van der Waals surface area contributed by atoms with Gasteiger partial charge in [-0.05, 0) is 74.5 Å². The highest BCUT2D eigenvalue weighted by Gasteiger charge is 2.39. The Morgan fingerprint density at radius 2 is 1.25 bits per heavy atom. The van der Waals surface area contributed by atoms with Gasteiger partial charge in [0, 0.05) is 20.7 Å². The van der Waals surface area contributed by atoms with Gasteiger partial charge in [-0.2, -0.15) is 0 Å². The van der Waals surface area contributed by atoms with Crippen LogP contribution in [0.4, 0.5) is 11.4 Å². The Bertz CT molecular complexity index is 2210. The minimum Gasteiger partial charge on any atom is -0.489 e. The first-order valence-corrected chi connectivity index (χ1v) is 21.7. The van der Waals surface area contributed by atoms with Crippen LogP contribution >= 0.6 is 57.1 Å². The molecule has 2 unspecified atom stereocenters. The van der Waals surface area contributed by atoms with Crippen molar-refractivity contribution in [3.63, 3.8) is 0 Å². The molecule has 0 fully saturated rings. The fraction of sp³-hybridized carbons (Fsp3) is 0.278. The lowest BCUT2D eigenvalue weighted by Gasteiger charge is -2.37. The monoisotopic (exact) mass is 894 g/mol. The number of sulfonamides is 1. The van der Waals surface area contributed by atoms with Crippen LogP contribution in [-0.4, -0.2) is 67.3 Å². The number of carbonyl (C=O) groups excluding carboxylic acids is 2. The van der Waals surface area contributed by atoms with Gasteiger partial charge in [0.15, 0.2) is 0 Å². The van der Waals surface area contributed by atoms with Gasteiger partial charge >= 0.3 is 11.9 Å². The van der Waals surface area contributed by atoms with Crippen molar-refractivity contribution in [1.82, 2.24) is 0 Å². The molecule has 2 aliphatic rings. The molecule has 6 rings (SSSR count). The van der Waals surface area contributed by atoms with Crippen LogP contribution in [0.5, 0.6) is 11.5 Å². The summed E-state index contributed by atoms with van der Waals surface area (Å²) >= 11 is 23.2. The molecule has 2 heterocycles. The van der Waals surface area contributed by atoms with Crippen LogP contribution in [0.1, 0.15) is 26.7 Å². The second-order valence-electron chi connectivity index (χ2n) is 11.5. The van der Waals surface area contributed by atoms with Gasteiger partial charge in [0.2, 0.25) is 0 Å². The number of halogens is 5. The Morgan fingerprint density at radius 1 is 0.727 bits per heavy atom. The van der Waals surface area contributed by atoms with Crippen LogP contribution in [-0.2, 0) is 38.1 Å². The Hall–Kier alpha value is -3.63. The van der Waals surface area contributed by atoms with Crippen molar-refractivity contribution >= 4 is 99.5 Å². The number of ether oxygens (including phenoxy) is 4. The molecule has 12 nitrogen and oxygen atoms in total. The number of fused-ring (bicyclic) bond motifs is 2. The van der Waals surface area contributed by atoms with Crippen LogP contribution in [0, 0.1) is 0 Å². The molecule has 19 heteroatoms. The maximum absolute atomic E-state index is 13.4. The second kappa shape index (κ2) is 20.0. The van der Waals surface area contributed by atoms with E-state index in [2.05, 4.69) is 5.32 Å². The van der Waals surface area contributed by atoms with E-state index < -0.39 is 31.1 Å². The Morgan fingerprint density at radius 3 is 1.84 bits per heavy atom. The van der Waals surface area contributed by atoms with Crippen molar-refractivity contribution in [2.45, 2.75) is 48.6 Å². The molecule has 0 spiro atoms. The smallest absolute Gasteiger partial charge is 0.308 e. The largest absolute Gasteiger partial charge is 0.489 e. The predicted molar refractivity (Wildman–Crippen MR) is 213 cm³/mol. The highest BCUT2D eigenvalue weighted by atomic mass is 35.7. The van der Waals surface area contributed by atoms with Crippen LogP contribution in [0.3, 0.4) is 0 Å². The first-order chi connectivity index (χ1) is 26.0. The van der Waals surface area contributed by atoms with Gasteiger partial charge in [-0.3, -0.25) is 13.9 Å². The summed E-state index contributed by atoms with van der Waals surface area (Å²) in [5.41, 5.74) is 1.27. The molecule has 2 atom stereocenters. The van der Waals surface area contributed by atoms with E-state index in [0.29, 0.717) is 41.1 Å². The maximum atomic E-state index is 13.4. The number of esters is 2. The molecule has 0 amide bonds. The SMILES string of the molecule is CCOC(=O)CC1COc2ccccc2N1.CCOC(=O)CC1COc2ccccc2N1S(=O)(=O)c1ccc(Cl)cc1Cl.O=S(=O)(Cl)c1ccc(Cl)cc1Cl. The predicted octanol–water partition coefficient (Wildman–Crippen LogP) is 8.64. The van der Waals surface area contributed by atoms with Crippen molar-refractivity contribution in [2.75, 3.05) is 36.0 Å². The molecule has 4 aromatic carbocycles. The van der Waals surface area contributed by atoms with Gasteiger partial charge in [-0.15, -0.1) is 0 Å². The molecule has 0 saturated carbocycles. The van der Waals surface area contributed by atoms with E-state index in [4.69, 9.17) is 76.0 Å². The summed E-state index contributed by atoms with van der Waals surface area (Å²) in [6.07, 6.45) is 0.189. The van der Waals surface area contributed by atoms with Crippen molar-refractivity contribution < 1.29 is 45.4 Å². The first-order valence-electron chi connectivity index (χ1n) is 16.5. The van der Waals surface area contributed by atoms with E-state index >= 15 is 0 Å². The van der Waals surface area contributed by atoms with Gasteiger partial charge in [-0.1, -0.05) is 70.7 Å². The lowest BCUT2D eigenvalue weighted by Crippen LogP contribution is -2.48. The number of nitrogens with zero attached hydrogens (tertiary/aromatic N) is 1. The van der Waals surface area contributed by atoms with E-state index in [-0.39, 0.29) is 51.5 Å². The zero-order chi connectivity index (χ0) is 40.3. The molecule has 0 bridgehead atoms. The Kier molecular flexibility index (Phi) is 16.0. The fourth-order valence-corrected chi connectivity index (χ4v) is 9.40. The number of anilines is 2. The number of hydrogen-bond donors (Lipinski definition) is 1. The third-order valence-corrected chi connectivity index (χ3v) is 12.2. The molecule has 0 aromatic heterocycles. The quantitative estimate of drug-likeness (QED) is 0.127. The van der Waals surface area contributed by atoms with Crippen LogP contribution in [0.25, 0.3) is 0 Å². The average Bonchev–Trinajstić information content (AvgIpc) is 3.11. The average molecular weight is 897 g/mol. The lowest BCUT2D eigenvalue weighted by atomic mass is 10.1. The van der Waals surface area contributed by atoms with Crippen molar-refractivity contribution in [3.05, 3.63) is 105 Å². The summed E-state index contributed by atoms with van der Waals surface area (Å²) in [6, 6.07) is 21.8. The Labute approximate surface area is 343 Å². The number of rotatable bonds is 9. The highest BCUT2D eigenvalue weighted by Crippen LogP contribution is 2.40. The van der Waals surface area contributed by atoms with Gasteiger partial charge < -0.3 is 24.3 Å². The van der Waals surface area contributed by atoms with Crippen molar-refractivity contribution in [2.24, 2.45) is 0 Å². The molecular formula is C36H35Cl5N2O10S2. The standard InChI is InChI=1S/C18H17Cl2NO5S.C12H15NO3.C6H3Cl3O2S/c1-2-25-18(22)10-13-11-26-16-6-4-3-5-15(16)21(13)27(23,24)17-8-7-12(19)9-14(17)20;1-2-15-12(14)7-9-8-16-11-6-4-3-5-10(11)13-9;7-4-1-2-6(5(8)3-4)12(9,10)11/h3-9,13H,2,10-11H2,1H3;3-6,9,13H,2,7-8H2,1H3;1-3H. The molecule has 296 valence electrons. The van der Waals surface area contributed by atoms with E-state index in [1.165, 1.54) is 40.7 Å². The van der Waals surface area contributed by atoms with Crippen LogP contribution in [0.2, 0.25) is 20.1 Å². The van der Waals surface area contributed by atoms with Crippen LogP contribution < -0.4 is 19.1 Å². The number of para-hydroxylation sites is 4. The molecule has 2 aliphatic heterocycles. The van der Waals surface area contributed by atoms with E-state index in [1.807, 2.05) is 24.3 Å². The number of hydrogen-bond acceptors (Lipinski definition) is 11. The van der Waals surface area contributed by atoms with E-state index in [0.717, 1.165) is 11.4 Å². The third kappa shape index (κ3) is 12.2. The number of carbonyl (C=O) groups is 2. The third-order valence-electron chi connectivity index (χ3n) is 7.57. The number of nitrogens with one attached hydrogen (secondary N) is 1. The minimum absolute atomic E-state index is 0.00126. The number of benzene rings is 4. The molecule has 0 radical (unpaired) electrons. The highest BCUT2D eigenvalue weighted by molar-refractivity contribution is 8.13. The van der Waals surface area contributed by atoms with Crippen molar-refractivity contribution in [1.29, 1.82) is 0 Å². The summed E-state index contributed by atoms with van der Waals surface area (Å²) in [5.74, 6) is 0.546. The normalized spacial score (nSPS) is 15.8. The van der Waals surface area contributed by atoms with Crippen molar-refractivity contribution in [3.8, 4) is 11.5 Å². The van der Waals surface area contributed by atoms with E-state index in [9.17, 15) is 26.4 Å². The van der Waals surface area contributed by atoms with Gasteiger partial charge in [-0.25, -0.2) is 16.8 Å². The molecule has 0 saturated heterocycles. The second-order valence-corrected chi connectivity index (χ2v) is 17.5. The van der Waals surface area contributed by atoms with Gasteiger partial charge in [0.1, 0.15) is 34.5 Å². The zero-order valence-corrected chi connectivity index (χ0v) is 34.6. The lowest BCUT2D eigenvalue weighted by molar-refractivity contribution is -0.144. The van der Waals surface area contributed by atoms with E-state index in [1.54, 1.807) is 38.1 Å². The minimum atomic E-state index is -4.08. The fourth-order valence-electron chi connectivity index (χ4n) is 5.25. The molecule has 4 aromatic rings. The molecule has 55 heavy (non-hydrogen) atoms. The summed E-state index contributed by atoms with van der Waals surface area (Å²) in [6.45, 7) is 4.63. The summed E-state index contributed by atoms with van der Waals surface area (Å²) < 4.78 is 70.7. The summed E-state index contributed by atoms with van der Waals surface area (Å²) in [4.78, 5) is 23.1. The molecular weight excluding hydrogens is 862 g/mol. The van der Waals surface area contributed by atoms with Crippen LogP contribution in [0.15, 0.2) is 94.7 Å². The molecule has 0 aliphatic carbocycles. The topological polar surface area (TPSA) is 155 Å². The Balaban J connectivity index is 0.000000203. The molecule has 1 N–H and O–H groups in total. The van der Waals surface area contributed by atoms with Gasteiger partial charge in [0.05, 0.1) is 59.6 Å². The zero-order valence-electron chi connectivity index (χ0n) is 29.2. The maximum Gasteiger partial charge on any atom is 0.308 e. The first kappa shape index (κ1) is 44.1.